The standard InChI is InChI=1S/C11H11ClFN5/c1-6-2-3-7(13)4-9(6)16-10-8(12)5-15-11(17-10)18-14/h2-5H,14H2,1H3,(H2,15,16,17,18). The van der Waals surface area contributed by atoms with E-state index in [1.807, 2.05) is 6.92 Å². The molecule has 4 N–H and O–H groups in total. The van der Waals surface area contributed by atoms with E-state index in [0.717, 1.165) is 5.56 Å². The minimum absolute atomic E-state index is 0.218. The molecule has 0 atom stereocenters. The topological polar surface area (TPSA) is 75.9 Å². The minimum atomic E-state index is -0.342. The first kappa shape index (κ1) is 12.5. The number of hydrogen-bond donors (Lipinski definition) is 3. The highest BCUT2D eigenvalue weighted by Crippen LogP contribution is 2.25. The average molecular weight is 268 g/mol. The molecule has 0 saturated heterocycles. The molecule has 0 amide bonds. The van der Waals surface area contributed by atoms with Crippen LogP contribution in [-0.2, 0) is 0 Å². The van der Waals surface area contributed by atoms with Gasteiger partial charge in [-0.25, -0.2) is 15.2 Å². The van der Waals surface area contributed by atoms with Crippen LogP contribution in [0.4, 0.5) is 21.8 Å². The summed E-state index contributed by atoms with van der Waals surface area (Å²) in [6, 6.07) is 4.41. The fourth-order valence-corrected chi connectivity index (χ4v) is 1.52. The lowest BCUT2D eigenvalue weighted by atomic mass is 10.2. The van der Waals surface area contributed by atoms with Gasteiger partial charge in [0.05, 0.1) is 6.20 Å². The summed E-state index contributed by atoms with van der Waals surface area (Å²) < 4.78 is 13.2. The van der Waals surface area contributed by atoms with Crippen LogP contribution < -0.4 is 16.6 Å². The summed E-state index contributed by atoms with van der Waals surface area (Å²) in [5, 5.41) is 3.25. The second-order valence-electron chi connectivity index (χ2n) is 3.62. The highest BCUT2D eigenvalue weighted by atomic mass is 35.5. The minimum Gasteiger partial charge on any atom is -0.339 e. The van der Waals surface area contributed by atoms with Crippen LogP contribution in [0.2, 0.25) is 5.02 Å². The summed E-state index contributed by atoms with van der Waals surface area (Å²) in [4.78, 5) is 7.89. The van der Waals surface area contributed by atoms with Crippen molar-refractivity contribution in [3.05, 3.63) is 40.8 Å². The summed E-state index contributed by atoms with van der Waals surface area (Å²) in [6.45, 7) is 1.85. The Morgan fingerprint density at radius 3 is 2.89 bits per heavy atom. The van der Waals surface area contributed by atoms with Gasteiger partial charge >= 0.3 is 0 Å². The van der Waals surface area contributed by atoms with Crippen molar-refractivity contribution in [3.63, 3.8) is 0 Å². The zero-order valence-corrected chi connectivity index (χ0v) is 10.3. The highest BCUT2D eigenvalue weighted by molar-refractivity contribution is 6.32. The van der Waals surface area contributed by atoms with E-state index < -0.39 is 0 Å². The van der Waals surface area contributed by atoms with Gasteiger partial charge in [-0.1, -0.05) is 17.7 Å². The van der Waals surface area contributed by atoms with Gasteiger partial charge in [0, 0.05) is 5.69 Å². The molecule has 1 heterocycles. The van der Waals surface area contributed by atoms with Gasteiger partial charge in [-0.3, -0.25) is 5.43 Å². The quantitative estimate of drug-likeness (QED) is 0.589. The molecule has 5 nitrogen and oxygen atoms in total. The number of hydrazine groups is 1. The number of halogens is 2. The van der Waals surface area contributed by atoms with E-state index in [1.165, 1.54) is 18.3 Å². The molecule has 0 unspecified atom stereocenters. The van der Waals surface area contributed by atoms with Crippen LogP contribution in [0.1, 0.15) is 5.56 Å². The molecule has 0 aliphatic carbocycles. The number of rotatable bonds is 3. The first-order valence-electron chi connectivity index (χ1n) is 5.12. The third-order valence-corrected chi connectivity index (χ3v) is 2.60. The number of anilines is 3. The van der Waals surface area contributed by atoms with Crippen molar-refractivity contribution in [1.29, 1.82) is 0 Å². The zero-order valence-electron chi connectivity index (χ0n) is 9.54. The molecule has 0 spiro atoms. The molecule has 0 aliphatic heterocycles. The van der Waals surface area contributed by atoms with Crippen molar-refractivity contribution in [3.8, 4) is 0 Å². The Labute approximate surface area is 108 Å². The second-order valence-corrected chi connectivity index (χ2v) is 4.03. The third kappa shape index (κ3) is 2.66. The lowest BCUT2D eigenvalue weighted by molar-refractivity contribution is 0.628. The number of benzene rings is 1. The maximum absolute atomic E-state index is 13.2. The van der Waals surface area contributed by atoms with Crippen LogP contribution in [-0.4, -0.2) is 9.97 Å². The second kappa shape index (κ2) is 5.16. The molecule has 0 bridgehead atoms. The molecule has 0 radical (unpaired) electrons. The van der Waals surface area contributed by atoms with Crippen molar-refractivity contribution in [1.82, 2.24) is 9.97 Å². The lowest BCUT2D eigenvalue weighted by Gasteiger charge is -2.10. The molecule has 7 heteroatoms. The van der Waals surface area contributed by atoms with Gasteiger partial charge in [0.1, 0.15) is 10.8 Å². The number of aryl methyl sites for hydroxylation is 1. The Morgan fingerprint density at radius 1 is 1.39 bits per heavy atom. The molecule has 1 aromatic carbocycles. The highest BCUT2D eigenvalue weighted by Gasteiger charge is 2.07. The predicted molar refractivity (Wildman–Crippen MR) is 69.3 cm³/mol. The first-order valence-corrected chi connectivity index (χ1v) is 5.50. The lowest BCUT2D eigenvalue weighted by Crippen LogP contribution is -2.11. The van der Waals surface area contributed by atoms with Gasteiger partial charge in [-0.2, -0.15) is 4.98 Å². The molecule has 0 saturated carbocycles. The first-order chi connectivity index (χ1) is 8.60. The fourth-order valence-electron chi connectivity index (χ4n) is 1.38. The smallest absolute Gasteiger partial charge is 0.239 e. The number of nitrogen functional groups attached to an aromatic ring is 1. The maximum Gasteiger partial charge on any atom is 0.239 e. The van der Waals surface area contributed by atoms with Crippen LogP contribution in [0.25, 0.3) is 0 Å². The van der Waals surface area contributed by atoms with Crippen molar-refractivity contribution in [2.75, 3.05) is 10.7 Å². The molecule has 1 aromatic heterocycles. The normalized spacial score (nSPS) is 10.2. The van der Waals surface area contributed by atoms with E-state index >= 15 is 0 Å². The summed E-state index contributed by atoms with van der Waals surface area (Å²) in [6.07, 6.45) is 1.40. The Bertz CT molecular complexity index is 575. The van der Waals surface area contributed by atoms with Crippen molar-refractivity contribution >= 4 is 29.1 Å². The Kier molecular flexibility index (Phi) is 3.59. The Morgan fingerprint density at radius 2 is 2.17 bits per heavy atom. The molecule has 0 aliphatic rings. The molecule has 0 fully saturated rings. The summed E-state index contributed by atoms with van der Waals surface area (Å²) in [5.41, 5.74) is 3.76. The maximum atomic E-state index is 13.2. The van der Waals surface area contributed by atoms with Crippen LogP contribution in [0.5, 0.6) is 0 Å². The zero-order chi connectivity index (χ0) is 13.1. The number of nitrogens with two attached hydrogens (primary N) is 1. The Balaban J connectivity index is 2.36. The molecule has 94 valence electrons. The largest absolute Gasteiger partial charge is 0.339 e. The van der Waals surface area contributed by atoms with Crippen LogP contribution >= 0.6 is 11.6 Å². The fraction of sp³-hybridized carbons (Fsp3) is 0.0909. The summed E-state index contributed by atoms with van der Waals surface area (Å²) in [7, 11) is 0. The van der Waals surface area contributed by atoms with Crippen LogP contribution in [0.3, 0.4) is 0 Å². The molecular weight excluding hydrogens is 257 g/mol. The van der Waals surface area contributed by atoms with E-state index in [9.17, 15) is 4.39 Å². The molecular formula is C11H11ClFN5. The van der Waals surface area contributed by atoms with Crippen molar-refractivity contribution in [2.24, 2.45) is 5.84 Å². The van der Waals surface area contributed by atoms with Gasteiger partial charge in [0.25, 0.3) is 0 Å². The summed E-state index contributed by atoms with van der Waals surface area (Å²) >= 11 is 5.95. The van der Waals surface area contributed by atoms with Gasteiger partial charge < -0.3 is 5.32 Å². The van der Waals surface area contributed by atoms with Gasteiger partial charge in [0.15, 0.2) is 5.82 Å². The SMILES string of the molecule is Cc1ccc(F)cc1Nc1nc(NN)ncc1Cl. The van der Waals surface area contributed by atoms with E-state index in [-0.39, 0.29) is 11.8 Å². The number of aromatic nitrogens is 2. The van der Waals surface area contributed by atoms with E-state index in [2.05, 4.69) is 20.7 Å². The van der Waals surface area contributed by atoms with Gasteiger partial charge in [-0.15, -0.1) is 0 Å². The number of hydrogen-bond acceptors (Lipinski definition) is 5. The van der Waals surface area contributed by atoms with Crippen molar-refractivity contribution < 1.29 is 4.39 Å². The summed E-state index contributed by atoms with van der Waals surface area (Å²) in [5.74, 6) is 5.44. The monoisotopic (exact) mass is 267 g/mol. The van der Waals surface area contributed by atoms with E-state index in [4.69, 9.17) is 17.4 Å². The average Bonchev–Trinajstić information content (AvgIpc) is 2.36. The predicted octanol–water partition coefficient (Wildman–Crippen LogP) is 2.61. The van der Waals surface area contributed by atoms with Gasteiger partial charge in [0.2, 0.25) is 5.95 Å². The number of nitrogens with zero attached hydrogens (tertiary/aromatic N) is 2. The van der Waals surface area contributed by atoms with Crippen LogP contribution in [0, 0.1) is 12.7 Å². The van der Waals surface area contributed by atoms with Gasteiger partial charge in [-0.05, 0) is 24.6 Å². The number of nitrogens with one attached hydrogen (secondary N) is 2. The molecule has 2 aromatic rings. The molecule has 18 heavy (non-hydrogen) atoms. The molecule has 2 rings (SSSR count). The van der Waals surface area contributed by atoms with Crippen LogP contribution in [0.15, 0.2) is 24.4 Å². The third-order valence-electron chi connectivity index (χ3n) is 2.33. The Hall–Kier alpha value is -1.92. The van der Waals surface area contributed by atoms with Crippen molar-refractivity contribution in [2.45, 2.75) is 6.92 Å². The van der Waals surface area contributed by atoms with E-state index in [0.29, 0.717) is 16.5 Å². The van der Waals surface area contributed by atoms with E-state index in [1.54, 1.807) is 6.07 Å².